The molecule has 0 radical (unpaired) electrons. The van der Waals surface area contributed by atoms with Gasteiger partial charge in [-0.3, -0.25) is 4.79 Å². The minimum atomic E-state index is -0.123. The highest BCUT2D eigenvalue weighted by Crippen LogP contribution is 2.15. The van der Waals surface area contributed by atoms with E-state index in [0.29, 0.717) is 17.8 Å². The van der Waals surface area contributed by atoms with Crippen molar-refractivity contribution in [3.05, 3.63) is 45.4 Å². The molecule has 1 amide bonds. The van der Waals surface area contributed by atoms with Gasteiger partial charge in [-0.15, -0.1) is 11.3 Å². The number of hydrogen-bond donors (Lipinski definition) is 2. The van der Waals surface area contributed by atoms with E-state index in [1.807, 2.05) is 31.4 Å². The first kappa shape index (κ1) is 13.5. The molecule has 1 aromatic carbocycles. The second-order valence-corrected chi connectivity index (χ2v) is 5.47. The number of nitrogen functional groups attached to an aromatic ring is 1. The largest absolute Gasteiger partial charge is 0.398 e. The van der Waals surface area contributed by atoms with Gasteiger partial charge in [0, 0.05) is 24.0 Å². The normalized spacial score (nSPS) is 10.4. The molecule has 0 fully saturated rings. The lowest BCUT2D eigenvalue weighted by Gasteiger charge is -2.09. The van der Waals surface area contributed by atoms with Crippen molar-refractivity contribution in [2.24, 2.45) is 0 Å². The highest BCUT2D eigenvalue weighted by molar-refractivity contribution is 7.09. The topological polar surface area (TPSA) is 68.0 Å². The van der Waals surface area contributed by atoms with Crippen LogP contribution < -0.4 is 11.1 Å². The fourth-order valence-electron chi connectivity index (χ4n) is 1.92. The first-order valence-corrected chi connectivity index (χ1v) is 7.00. The summed E-state index contributed by atoms with van der Waals surface area (Å²) in [5.74, 6) is -0.123. The second kappa shape index (κ2) is 5.84. The summed E-state index contributed by atoms with van der Waals surface area (Å²) >= 11 is 1.62. The predicted molar refractivity (Wildman–Crippen MR) is 78.5 cm³/mol. The number of aryl methyl sites for hydroxylation is 2. The lowest BCUT2D eigenvalue weighted by molar-refractivity contribution is 0.0954. The van der Waals surface area contributed by atoms with Crippen LogP contribution in [0.4, 0.5) is 5.69 Å². The number of hydrogen-bond acceptors (Lipinski definition) is 4. The number of amides is 1. The molecule has 19 heavy (non-hydrogen) atoms. The maximum absolute atomic E-state index is 12.1. The van der Waals surface area contributed by atoms with Gasteiger partial charge >= 0.3 is 0 Å². The Morgan fingerprint density at radius 3 is 2.84 bits per heavy atom. The third-order valence-electron chi connectivity index (χ3n) is 2.87. The molecule has 2 rings (SSSR count). The molecule has 0 saturated heterocycles. The Bertz CT molecular complexity index is 572. The number of aromatic nitrogens is 1. The van der Waals surface area contributed by atoms with E-state index in [9.17, 15) is 4.79 Å². The minimum Gasteiger partial charge on any atom is -0.398 e. The number of carbonyl (C=O) groups is 1. The van der Waals surface area contributed by atoms with Gasteiger partial charge in [-0.1, -0.05) is 12.1 Å². The van der Waals surface area contributed by atoms with Crippen molar-refractivity contribution < 1.29 is 4.79 Å². The Morgan fingerprint density at radius 2 is 2.21 bits per heavy atom. The van der Waals surface area contributed by atoms with E-state index < -0.39 is 0 Å². The summed E-state index contributed by atoms with van der Waals surface area (Å²) in [6.07, 6.45) is 0.738. The van der Waals surface area contributed by atoms with Crippen LogP contribution in [0.15, 0.2) is 23.6 Å². The molecule has 5 heteroatoms. The average Bonchev–Trinajstić information content (AvgIpc) is 2.75. The van der Waals surface area contributed by atoms with Gasteiger partial charge in [-0.25, -0.2) is 4.98 Å². The van der Waals surface area contributed by atoms with Crippen molar-refractivity contribution in [1.29, 1.82) is 0 Å². The van der Waals surface area contributed by atoms with Gasteiger partial charge in [-0.05, 0) is 25.5 Å². The average molecular weight is 275 g/mol. The number of nitrogens with one attached hydrogen (secondary N) is 1. The molecule has 0 unspecified atom stereocenters. The van der Waals surface area contributed by atoms with Crippen molar-refractivity contribution >= 4 is 22.9 Å². The molecule has 0 aliphatic heterocycles. The number of anilines is 1. The Kier molecular flexibility index (Phi) is 4.16. The number of benzene rings is 1. The van der Waals surface area contributed by atoms with Crippen LogP contribution in [0.3, 0.4) is 0 Å². The fourth-order valence-corrected chi connectivity index (χ4v) is 2.56. The standard InChI is InChI=1S/C14H17N3OS/c1-9-4-3-5-12(15)13(9)14(18)16-7-6-11-8-19-10(2)17-11/h3-5,8H,6-7,15H2,1-2H3,(H,16,18). The summed E-state index contributed by atoms with van der Waals surface area (Å²) < 4.78 is 0. The summed E-state index contributed by atoms with van der Waals surface area (Å²) in [6, 6.07) is 5.47. The first-order valence-electron chi connectivity index (χ1n) is 6.12. The van der Waals surface area contributed by atoms with Crippen molar-refractivity contribution in [3.63, 3.8) is 0 Å². The monoisotopic (exact) mass is 275 g/mol. The minimum absolute atomic E-state index is 0.123. The summed E-state index contributed by atoms with van der Waals surface area (Å²) in [6.45, 7) is 4.42. The number of carbonyl (C=O) groups excluding carboxylic acids is 1. The van der Waals surface area contributed by atoms with E-state index in [1.54, 1.807) is 17.4 Å². The Labute approximate surface area is 116 Å². The predicted octanol–water partition coefficient (Wildman–Crippen LogP) is 2.31. The second-order valence-electron chi connectivity index (χ2n) is 4.40. The molecule has 100 valence electrons. The van der Waals surface area contributed by atoms with Crippen LogP contribution in [-0.2, 0) is 6.42 Å². The van der Waals surface area contributed by atoms with Crippen LogP contribution in [0.2, 0.25) is 0 Å². The molecular weight excluding hydrogens is 258 g/mol. The molecule has 1 aromatic heterocycles. The summed E-state index contributed by atoms with van der Waals surface area (Å²) in [4.78, 5) is 16.4. The molecule has 0 saturated carbocycles. The number of nitrogens with two attached hydrogens (primary N) is 1. The van der Waals surface area contributed by atoms with E-state index in [0.717, 1.165) is 22.7 Å². The number of nitrogens with zero attached hydrogens (tertiary/aromatic N) is 1. The van der Waals surface area contributed by atoms with Gasteiger partial charge in [0.2, 0.25) is 0 Å². The maximum Gasteiger partial charge on any atom is 0.253 e. The van der Waals surface area contributed by atoms with Gasteiger partial charge in [0.05, 0.1) is 16.3 Å². The maximum atomic E-state index is 12.1. The lowest BCUT2D eigenvalue weighted by atomic mass is 10.1. The van der Waals surface area contributed by atoms with Crippen LogP contribution >= 0.6 is 11.3 Å². The molecular formula is C14H17N3OS. The number of rotatable bonds is 4. The number of thiazole rings is 1. The third kappa shape index (κ3) is 3.32. The van der Waals surface area contributed by atoms with Crippen molar-refractivity contribution in [3.8, 4) is 0 Å². The molecule has 2 aromatic rings. The van der Waals surface area contributed by atoms with Crippen molar-refractivity contribution in [2.45, 2.75) is 20.3 Å². The van der Waals surface area contributed by atoms with E-state index in [4.69, 9.17) is 5.73 Å². The zero-order chi connectivity index (χ0) is 13.8. The molecule has 0 atom stereocenters. The highest BCUT2D eigenvalue weighted by Gasteiger charge is 2.11. The highest BCUT2D eigenvalue weighted by atomic mass is 32.1. The summed E-state index contributed by atoms with van der Waals surface area (Å²) in [7, 11) is 0. The van der Waals surface area contributed by atoms with Gasteiger partial charge in [0.25, 0.3) is 5.91 Å². The van der Waals surface area contributed by atoms with Crippen LogP contribution in [0.25, 0.3) is 0 Å². The van der Waals surface area contributed by atoms with E-state index in [-0.39, 0.29) is 5.91 Å². The lowest BCUT2D eigenvalue weighted by Crippen LogP contribution is -2.27. The Morgan fingerprint density at radius 1 is 1.42 bits per heavy atom. The third-order valence-corrected chi connectivity index (χ3v) is 3.69. The van der Waals surface area contributed by atoms with Crippen LogP contribution in [0, 0.1) is 13.8 Å². The molecule has 0 spiro atoms. The van der Waals surface area contributed by atoms with Crippen LogP contribution in [0.5, 0.6) is 0 Å². The smallest absolute Gasteiger partial charge is 0.253 e. The zero-order valence-electron chi connectivity index (χ0n) is 11.1. The van der Waals surface area contributed by atoms with Crippen LogP contribution in [0.1, 0.15) is 26.6 Å². The summed E-state index contributed by atoms with van der Waals surface area (Å²) in [5, 5.41) is 5.95. The Balaban J connectivity index is 1.94. The molecule has 3 N–H and O–H groups in total. The Hall–Kier alpha value is -1.88. The van der Waals surface area contributed by atoms with Gasteiger partial charge in [0.1, 0.15) is 0 Å². The van der Waals surface area contributed by atoms with E-state index in [1.165, 1.54) is 0 Å². The van der Waals surface area contributed by atoms with Gasteiger partial charge < -0.3 is 11.1 Å². The zero-order valence-corrected chi connectivity index (χ0v) is 11.9. The summed E-state index contributed by atoms with van der Waals surface area (Å²) in [5.41, 5.74) is 8.82. The van der Waals surface area contributed by atoms with Crippen molar-refractivity contribution in [1.82, 2.24) is 10.3 Å². The SMILES string of the molecule is Cc1nc(CCNC(=O)c2c(C)cccc2N)cs1. The molecule has 4 nitrogen and oxygen atoms in total. The molecule has 0 aliphatic rings. The van der Waals surface area contributed by atoms with E-state index in [2.05, 4.69) is 10.3 Å². The van der Waals surface area contributed by atoms with E-state index >= 15 is 0 Å². The van der Waals surface area contributed by atoms with Gasteiger partial charge in [0.15, 0.2) is 0 Å². The molecule has 1 heterocycles. The van der Waals surface area contributed by atoms with Gasteiger partial charge in [-0.2, -0.15) is 0 Å². The molecule has 0 bridgehead atoms. The quantitative estimate of drug-likeness (QED) is 0.841. The molecule has 0 aliphatic carbocycles. The fraction of sp³-hybridized carbons (Fsp3) is 0.286. The van der Waals surface area contributed by atoms with Crippen LogP contribution in [-0.4, -0.2) is 17.4 Å². The van der Waals surface area contributed by atoms with Crippen molar-refractivity contribution in [2.75, 3.05) is 12.3 Å². The first-order chi connectivity index (χ1) is 9.08.